The molecule has 4 nitrogen and oxygen atoms in total. The second-order valence-corrected chi connectivity index (χ2v) is 7.15. The minimum Gasteiger partial charge on any atom is -0.459 e. The van der Waals surface area contributed by atoms with Crippen LogP contribution in [0.2, 0.25) is 0 Å². The molecule has 0 spiro atoms. The molecule has 0 aliphatic carbocycles. The molecule has 0 amide bonds. The Bertz CT molecular complexity index is 608. The first-order chi connectivity index (χ1) is 10.7. The third kappa shape index (κ3) is 4.21. The first-order valence-corrected chi connectivity index (χ1v) is 7.91. The number of esters is 2. The number of hydrogen-bond acceptors (Lipinski definition) is 4. The SMILES string of the molecule is CC(C)C1C=C(c2ccccc2)OC(=O)C1C(=O)OC(C)(C)C. The monoisotopic (exact) mass is 316 g/mol. The molecule has 2 atom stereocenters. The van der Waals surface area contributed by atoms with E-state index in [0.717, 1.165) is 5.56 Å². The molecular weight excluding hydrogens is 292 g/mol. The molecule has 0 bridgehead atoms. The number of ether oxygens (including phenoxy) is 2. The first kappa shape index (κ1) is 17.3. The molecule has 0 saturated carbocycles. The van der Waals surface area contributed by atoms with Crippen LogP contribution in [-0.2, 0) is 19.1 Å². The molecule has 124 valence electrons. The van der Waals surface area contributed by atoms with Gasteiger partial charge in [-0.2, -0.15) is 0 Å². The van der Waals surface area contributed by atoms with Crippen molar-refractivity contribution in [1.29, 1.82) is 0 Å². The van der Waals surface area contributed by atoms with Gasteiger partial charge in [-0.15, -0.1) is 0 Å². The molecule has 1 aromatic carbocycles. The summed E-state index contributed by atoms with van der Waals surface area (Å²) in [4.78, 5) is 24.9. The van der Waals surface area contributed by atoms with Gasteiger partial charge in [-0.1, -0.05) is 44.2 Å². The highest BCUT2D eigenvalue weighted by molar-refractivity contribution is 5.99. The lowest BCUT2D eigenvalue weighted by atomic mass is 9.81. The normalized spacial score (nSPS) is 21.7. The minimum absolute atomic E-state index is 0.110. The summed E-state index contributed by atoms with van der Waals surface area (Å²) in [6, 6.07) is 9.43. The summed E-state index contributed by atoms with van der Waals surface area (Å²) in [6.07, 6.45) is 1.87. The van der Waals surface area contributed by atoms with Crippen LogP contribution in [0.4, 0.5) is 0 Å². The number of cyclic esters (lactones) is 1. The van der Waals surface area contributed by atoms with E-state index in [2.05, 4.69) is 0 Å². The zero-order valence-electron chi connectivity index (χ0n) is 14.3. The van der Waals surface area contributed by atoms with Gasteiger partial charge >= 0.3 is 11.9 Å². The van der Waals surface area contributed by atoms with Crippen LogP contribution in [0.25, 0.3) is 5.76 Å². The van der Waals surface area contributed by atoms with Gasteiger partial charge in [0.2, 0.25) is 0 Å². The Morgan fingerprint density at radius 3 is 2.30 bits per heavy atom. The number of carbonyl (C=O) groups excluding carboxylic acids is 2. The molecule has 1 aliphatic rings. The summed E-state index contributed by atoms with van der Waals surface area (Å²) in [5, 5.41) is 0. The van der Waals surface area contributed by atoms with Crippen molar-refractivity contribution in [3.05, 3.63) is 42.0 Å². The Balaban J connectivity index is 2.34. The number of allylic oxidation sites excluding steroid dienone is 1. The molecule has 1 heterocycles. The average molecular weight is 316 g/mol. The molecule has 1 aliphatic heterocycles. The standard InChI is InChI=1S/C19H24O4/c1-12(2)14-11-15(13-9-7-6-8-10-13)22-17(20)16(14)18(21)23-19(3,4)5/h6-12,14,16H,1-5H3. The van der Waals surface area contributed by atoms with Crippen LogP contribution in [0.15, 0.2) is 36.4 Å². The lowest BCUT2D eigenvalue weighted by molar-refractivity contribution is -0.170. The van der Waals surface area contributed by atoms with E-state index in [1.165, 1.54) is 0 Å². The third-order valence-electron chi connectivity index (χ3n) is 3.68. The van der Waals surface area contributed by atoms with Crippen molar-refractivity contribution in [3.63, 3.8) is 0 Å². The molecule has 1 aromatic rings. The highest BCUT2D eigenvalue weighted by atomic mass is 16.6. The molecule has 0 saturated heterocycles. The fraction of sp³-hybridized carbons (Fsp3) is 0.474. The van der Waals surface area contributed by atoms with Crippen molar-refractivity contribution in [2.45, 2.75) is 40.2 Å². The Hall–Kier alpha value is -2.10. The van der Waals surface area contributed by atoms with E-state index in [4.69, 9.17) is 9.47 Å². The Kier molecular flexibility index (Phi) is 4.93. The van der Waals surface area contributed by atoms with Crippen molar-refractivity contribution in [3.8, 4) is 0 Å². The van der Waals surface area contributed by atoms with Gasteiger partial charge in [0.25, 0.3) is 0 Å². The van der Waals surface area contributed by atoms with Crippen LogP contribution in [0.3, 0.4) is 0 Å². The largest absolute Gasteiger partial charge is 0.459 e. The van der Waals surface area contributed by atoms with E-state index in [0.29, 0.717) is 5.76 Å². The molecule has 0 aromatic heterocycles. The van der Waals surface area contributed by atoms with Gasteiger partial charge in [-0.3, -0.25) is 9.59 Å². The van der Waals surface area contributed by atoms with Gasteiger partial charge in [0.1, 0.15) is 11.4 Å². The number of rotatable bonds is 3. The van der Waals surface area contributed by atoms with Gasteiger partial charge in [0.05, 0.1) is 0 Å². The Morgan fingerprint density at radius 2 is 1.78 bits per heavy atom. The maximum absolute atomic E-state index is 12.5. The summed E-state index contributed by atoms with van der Waals surface area (Å²) in [6.45, 7) is 9.33. The van der Waals surface area contributed by atoms with Gasteiger partial charge < -0.3 is 9.47 Å². The van der Waals surface area contributed by atoms with Gasteiger partial charge in [0, 0.05) is 11.5 Å². The Labute approximate surface area is 137 Å². The molecule has 2 rings (SSSR count). The fourth-order valence-corrected chi connectivity index (χ4v) is 2.59. The second kappa shape index (κ2) is 6.57. The van der Waals surface area contributed by atoms with Crippen LogP contribution in [-0.4, -0.2) is 17.5 Å². The van der Waals surface area contributed by atoms with Crippen molar-refractivity contribution >= 4 is 17.7 Å². The quantitative estimate of drug-likeness (QED) is 0.628. The fourth-order valence-electron chi connectivity index (χ4n) is 2.59. The summed E-state index contributed by atoms with van der Waals surface area (Å²) >= 11 is 0. The molecule has 0 N–H and O–H groups in total. The van der Waals surface area contributed by atoms with Gasteiger partial charge in [0.15, 0.2) is 5.92 Å². The maximum atomic E-state index is 12.5. The summed E-state index contributed by atoms with van der Waals surface area (Å²) in [5.74, 6) is -1.61. The average Bonchev–Trinajstić information content (AvgIpc) is 2.45. The highest BCUT2D eigenvalue weighted by Crippen LogP contribution is 2.35. The summed E-state index contributed by atoms with van der Waals surface area (Å²) < 4.78 is 10.8. The Morgan fingerprint density at radius 1 is 1.17 bits per heavy atom. The zero-order chi connectivity index (χ0) is 17.2. The van der Waals surface area contributed by atoms with Crippen LogP contribution in [0.1, 0.15) is 40.2 Å². The molecule has 2 unspecified atom stereocenters. The molecule has 0 fully saturated rings. The van der Waals surface area contributed by atoms with Crippen LogP contribution >= 0.6 is 0 Å². The summed E-state index contributed by atoms with van der Waals surface area (Å²) in [5.41, 5.74) is 0.191. The van der Waals surface area contributed by atoms with Crippen LogP contribution in [0, 0.1) is 17.8 Å². The van der Waals surface area contributed by atoms with E-state index < -0.39 is 23.5 Å². The summed E-state index contributed by atoms with van der Waals surface area (Å²) in [7, 11) is 0. The van der Waals surface area contributed by atoms with E-state index in [9.17, 15) is 9.59 Å². The lowest BCUT2D eigenvalue weighted by Crippen LogP contribution is -2.41. The van der Waals surface area contributed by atoms with Crippen molar-refractivity contribution in [2.24, 2.45) is 17.8 Å². The van der Waals surface area contributed by atoms with Crippen molar-refractivity contribution in [2.75, 3.05) is 0 Å². The smallest absolute Gasteiger partial charge is 0.326 e. The molecule has 4 heteroatoms. The third-order valence-corrected chi connectivity index (χ3v) is 3.68. The lowest BCUT2D eigenvalue weighted by Gasteiger charge is -2.32. The van der Waals surface area contributed by atoms with Crippen molar-refractivity contribution in [1.82, 2.24) is 0 Å². The number of benzene rings is 1. The van der Waals surface area contributed by atoms with Crippen LogP contribution in [0.5, 0.6) is 0 Å². The topological polar surface area (TPSA) is 52.6 Å². The molecule has 23 heavy (non-hydrogen) atoms. The van der Waals surface area contributed by atoms with E-state index in [1.807, 2.05) is 50.3 Å². The van der Waals surface area contributed by atoms with E-state index in [1.54, 1.807) is 20.8 Å². The molecular formula is C19H24O4. The number of hydrogen-bond donors (Lipinski definition) is 0. The van der Waals surface area contributed by atoms with Gasteiger partial charge in [-0.25, -0.2) is 0 Å². The maximum Gasteiger partial charge on any atom is 0.326 e. The van der Waals surface area contributed by atoms with Gasteiger partial charge in [-0.05, 0) is 32.8 Å². The van der Waals surface area contributed by atoms with E-state index in [-0.39, 0.29) is 11.8 Å². The molecule has 0 radical (unpaired) electrons. The predicted molar refractivity (Wildman–Crippen MR) is 88.2 cm³/mol. The first-order valence-electron chi connectivity index (χ1n) is 7.91. The van der Waals surface area contributed by atoms with Crippen molar-refractivity contribution < 1.29 is 19.1 Å². The predicted octanol–water partition coefficient (Wildman–Crippen LogP) is 3.81. The highest BCUT2D eigenvalue weighted by Gasteiger charge is 2.43. The van der Waals surface area contributed by atoms with Crippen LogP contribution < -0.4 is 0 Å². The van der Waals surface area contributed by atoms with E-state index >= 15 is 0 Å². The minimum atomic E-state index is -0.915. The number of carbonyl (C=O) groups is 2. The second-order valence-electron chi connectivity index (χ2n) is 7.15. The zero-order valence-corrected chi connectivity index (χ0v) is 14.3.